The minimum atomic E-state index is -0.341. The second-order valence-corrected chi connectivity index (χ2v) is 3.74. The molecule has 2 unspecified atom stereocenters. The molecule has 1 amide bonds. The van der Waals surface area contributed by atoms with Crippen LogP contribution in [0.3, 0.4) is 0 Å². The summed E-state index contributed by atoms with van der Waals surface area (Å²) in [5.74, 6) is 0.0790. The first-order valence-corrected chi connectivity index (χ1v) is 5.35. The van der Waals surface area contributed by atoms with Crippen molar-refractivity contribution in [3.05, 3.63) is 0 Å². The molecule has 0 aromatic carbocycles. The van der Waals surface area contributed by atoms with Gasteiger partial charge in [0.2, 0.25) is 5.91 Å². The minimum absolute atomic E-state index is 0.00658. The summed E-state index contributed by atoms with van der Waals surface area (Å²) in [6, 6.07) is -0.341. The maximum Gasteiger partial charge on any atom is 0.223 e. The van der Waals surface area contributed by atoms with E-state index in [-0.39, 0.29) is 23.7 Å². The molecule has 82 valence electrons. The van der Waals surface area contributed by atoms with E-state index in [4.69, 9.17) is 0 Å². The first-order valence-electron chi connectivity index (χ1n) is 5.35. The second-order valence-electron chi connectivity index (χ2n) is 3.74. The summed E-state index contributed by atoms with van der Waals surface area (Å²) < 4.78 is 0. The van der Waals surface area contributed by atoms with Gasteiger partial charge in [-0.15, -0.1) is 0 Å². The van der Waals surface area contributed by atoms with Gasteiger partial charge in [-0.2, -0.15) is 0 Å². The lowest BCUT2D eigenvalue weighted by atomic mass is 10.0. The number of Topliss-reactive ketones (excluding diaryl/α,β-unsaturated/α-hetero) is 1. The van der Waals surface area contributed by atoms with Gasteiger partial charge in [-0.3, -0.25) is 9.59 Å². The third-order valence-electron chi connectivity index (χ3n) is 2.36. The summed E-state index contributed by atoms with van der Waals surface area (Å²) in [5, 5.41) is 2.73. The molecule has 0 rings (SSSR count). The molecule has 0 fully saturated rings. The lowest BCUT2D eigenvalue weighted by molar-refractivity contribution is -0.129. The zero-order valence-electron chi connectivity index (χ0n) is 9.59. The van der Waals surface area contributed by atoms with E-state index in [1.807, 2.05) is 13.8 Å². The van der Waals surface area contributed by atoms with Gasteiger partial charge in [0.1, 0.15) is 0 Å². The van der Waals surface area contributed by atoms with Crippen molar-refractivity contribution in [1.82, 2.24) is 5.32 Å². The van der Waals surface area contributed by atoms with Crippen LogP contribution in [-0.2, 0) is 9.59 Å². The predicted molar refractivity (Wildman–Crippen MR) is 57.0 cm³/mol. The van der Waals surface area contributed by atoms with Gasteiger partial charge in [-0.05, 0) is 13.3 Å². The quantitative estimate of drug-likeness (QED) is 0.710. The van der Waals surface area contributed by atoms with Gasteiger partial charge in [0.05, 0.1) is 6.04 Å². The van der Waals surface area contributed by atoms with Crippen molar-refractivity contribution >= 4 is 11.7 Å². The monoisotopic (exact) mass is 199 g/mol. The Morgan fingerprint density at radius 1 is 1.21 bits per heavy atom. The zero-order chi connectivity index (χ0) is 11.1. The van der Waals surface area contributed by atoms with Crippen LogP contribution < -0.4 is 5.32 Å². The van der Waals surface area contributed by atoms with Gasteiger partial charge in [-0.1, -0.05) is 27.2 Å². The molecule has 14 heavy (non-hydrogen) atoms. The average Bonchev–Trinajstić information content (AvgIpc) is 2.16. The molecule has 0 aliphatic rings. The van der Waals surface area contributed by atoms with Gasteiger partial charge >= 0.3 is 0 Å². The highest BCUT2D eigenvalue weighted by atomic mass is 16.2. The van der Waals surface area contributed by atoms with E-state index in [0.29, 0.717) is 6.42 Å². The molecule has 3 nitrogen and oxygen atoms in total. The third-order valence-corrected chi connectivity index (χ3v) is 2.36. The normalized spacial score (nSPS) is 14.6. The van der Waals surface area contributed by atoms with Gasteiger partial charge < -0.3 is 5.32 Å². The standard InChI is InChI=1S/C11H21NO2/c1-5-7-8(3)11(14)12-9(4)10(13)6-2/h8-9H,5-7H2,1-4H3,(H,12,14). The number of hydrogen-bond donors (Lipinski definition) is 1. The highest BCUT2D eigenvalue weighted by molar-refractivity contribution is 5.89. The fraction of sp³-hybridized carbons (Fsp3) is 0.818. The van der Waals surface area contributed by atoms with Gasteiger partial charge in [0.25, 0.3) is 0 Å². The largest absolute Gasteiger partial charge is 0.346 e. The highest BCUT2D eigenvalue weighted by Crippen LogP contribution is 2.05. The fourth-order valence-corrected chi connectivity index (χ4v) is 1.31. The number of ketones is 1. The molecule has 0 spiro atoms. The molecule has 0 radical (unpaired) electrons. The Morgan fingerprint density at radius 3 is 2.21 bits per heavy atom. The number of nitrogens with one attached hydrogen (secondary N) is 1. The maximum absolute atomic E-state index is 11.5. The molecule has 0 saturated heterocycles. The summed E-state index contributed by atoms with van der Waals surface area (Å²) >= 11 is 0. The van der Waals surface area contributed by atoms with Crippen LogP contribution in [0.1, 0.15) is 47.0 Å². The Bertz CT molecular complexity index is 201. The molecule has 0 aromatic heterocycles. The predicted octanol–water partition coefficient (Wildman–Crippen LogP) is 1.91. The van der Waals surface area contributed by atoms with Crippen LogP contribution >= 0.6 is 0 Å². The number of rotatable bonds is 6. The van der Waals surface area contributed by atoms with Crippen molar-refractivity contribution in [1.29, 1.82) is 0 Å². The molecule has 3 heteroatoms. The van der Waals surface area contributed by atoms with Gasteiger partial charge in [0.15, 0.2) is 5.78 Å². The van der Waals surface area contributed by atoms with Crippen LogP contribution in [0.4, 0.5) is 0 Å². The minimum Gasteiger partial charge on any atom is -0.346 e. The van der Waals surface area contributed by atoms with E-state index in [1.165, 1.54) is 0 Å². The van der Waals surface area contributed by atoms with E-state index in [0.717, 1.165) is 12.8 Å². The molecule has 0 aromatic rings. The molecular weight excluding hydrogens is 178 g/mol. The summed E-state index contributed by atoms with van der Waals surface area (Å²) in [4.78, 5) is 22.7. The number of carbonyl (C=O) groups excluding carboxylic acids is 2. The summed E-state index contributed by atoms with van der Waals surface area (Å²) in [5.41, 5.74) is 0. The summed E-state index contributed by atoms with van der Waals surface area (Å²) in [7, 11) is 0. The van der Waals surface area contributed by atoms with Crippen LogP contribution in [0, 0.1) is 5.92 Å². The molecule has 1 N–H and O–H groups in total. The molecular formula is C11H21NO2. The van der Waals surface area contributed by atoms with Gasteiger partial charge in [0, 0.05) is 12.3 Å². The summed E-state index contributed by atoms with van der Waals surface area (Å²) in [6.07, 6.45) is 2.34. The Morgan fingerprint density at radius 2 is 1.79 bits per heavy atom. The Hall–Kier alpha value is -0.860. The van der Waals surface area contributed by atoms with Crippen LogP contribution in [0.2, 0.25) is 0 Å². The average molecular weight is 199 g/mol. The van der Waals surface area contributed by atoms with E-state index < -0.39 is 0 Å². The smallest absolute Gasteiger partial charge is 0.223 e. The van der Waals surface area contributed by atoms with E-state index in [2.05, 4.69) is 5.32 Å². The van der Waals surface area contributed by atoms with Crippen LogP contribution in [0.25, 0.3) is 0 Å². The Balaban J connectivity index is 3.98. The topological polar surface area (TPSA) is 46.2 Å². The van der Waals surface area contributed by atoms with Crippen LogP contribution in [0.15, 0.2) is 0 Å². The van der Waals surface area contributed by atoms with Crippen molar-refractivity contribution in [2.75, 3.05) is 0 Å². The third kappa shape index (κ3) is 4.40. The number of amides is 1. The number of carbonyl (C=O) groups is 2. The molecule has 2 atom stereocenters. The number of hydrogen-bond acceptors (Lipinski definition) is 2. The van der Waals surface area contributed by atoms with Crippen LogP contribution in [0.5, 0.6) is 0 Å². The molecule has 0 saturated carbocycles. The molecule has 0 heterocycles. The zero-order valence-corrected chi connectivity index (χ0v) is 9.59. The summed E-state index contributed by atoms with van der Waals surface area (Å²) in [6.45, 7) is 7.48. The van der Waals surface area contributed by atoms with Crippen molar-refractivity contribution < 1.29 is 9.59 Å². The lowest BCUT2D eigenvalue weighted by Crippen LogP contribution is -2.40. The molecule has 0 aliphatic carbocycles. The Labute approximate surface area is 86.3 Å². The second kappa shape index (κ2) is 6.57. The highest BCUT2D eigenvalue weighted by Gasteiger charge is 2.17. The van der Waals surface area contributed by atoms with E-state index >= 15 is 0 Å². The van der Waals surface area contributed by atoms with Crippen molar-refractivity contribution in [3.8, 4) is 0 Å². The molecule has 0 bridgehead atoms. The molecule has 0 aliphatic heterocycles. The maximum atomic E-state index is 11.5. The lowest BCUT2D eigenvalue weighted by Gasteiger charge is -2.15. The van der Waals surface area contributed by atoms with Crippen molar-refractivity contribution in [2.24, 2.45) is 5.92 Å². The van der Waals surface area contributed by atoms with E-state index in [9.17, 15) is 9.59 Å². The fourth-order valence-electron chi connectivity index (χ4n) is 1.31. The van der Waals surface area contributed by atoms with E-state index in [1.54, 1.807) is 13.8 Å². The first-order chi connectivity index (χ1) is 6.52. The van der Waals surface area contributed by atoms with Crippen molar-refractivity contribution in [2.45, 2.75) is 53.0 Å². The van der Waals surface area contributed by atoms with Crippen LogP contribution in [-0.4, -0.2) is 17.7 Å². The van der Waals surface area contributed by atoms with Crippen molar-refractivity contribution in [3.63, 3.8) is 0 Å². The Kier molecular flexibility index (Phi) is 6.17. The first kappa shape index (κ1) is 13.1. The van der Waals surface area contributed by atoms with Gasteiger partial charge in [-0.25, -0.2) is 0 Å². The SMILES string of the molecule is CCCC(C)C(=O)NC(C)C(=O)CC.